The quantitative estimate of drug-likeness (QED) is 0.0415. The first-order valence-corrected chi connectivity index (χ1v) is 13.8. The molecule has 0 unspecified atom stereocenters. The fraction of sp³-hybridized carbons (Fsp3) is 0.316. The maximum Gasteiger partial charge on any atom is 0.362 e. The number of β-lactam (4-membered cyclic amide) rings is 1. The molecular formula is C19H21ClN8O12S2. The van der Waals surface area contributed by atoms with E-state index in [1.54, 1.807) is 0 Å². The second-order valence-electron chi connectivity index (χ2n) is 8.25. The van der Waals surface area contributed by atoms with E-state index in [9.17, 15) is 47.3 Å². The summed E-state index contributed by atoms with van der Waals surface area (Å²) >= 11 is 6.75. The van der Waals surface area contributed by atoms with E-state index in [1.165, 1.54) is 0 Å². The maximum absolute atomic E-state index is 13.1. The summed E-state index contributed by atoms with van der Waals surface area (Å²) in [7, 11) is -5.16. The lowest BCUT2D eigenvalue weighted by Crippen LogP contribution is -2.74. The number of oxime groups is 1. The van der Waals surface area contributed by atoms with Crippen molar-refractivity contribution < 1.29 is 52.4 Å². The molecule has 1 aliphatic heterocycles. The number of nitrogens with zero attached hydrogens (tertiary/aromatic N) is 4. The topological polar surface area (TPSA) is 305 Å². The van der Waals surface area contributed by atoms with Gasteiger partial charge in [0.15, 0.2) is 16.6 Å². The molecule has 3 heterocycles. The summed E-state index contributed by atoms with van der Waals surface area (Å²) in [4.78, 5) is 69.1. The second-order valence-corrected chi connectivity index (χ2v) is 11.2. The smallest absolute Gasteiger partial charge is 0.362 e. The lowest BCUT2D eigenvalue weighted by Gasteiger charge is -2.44. The molecule has 0 radical (unpaired) electrons. The zero-order chi connectivity index (χ0) is 31.5. The average Bonchev–Trinajstić information content (AvgIpc) is 3.22. The monoisotopic (exact) mass is 652 g/mol. The summed E-state index contributed by atoms with van der Waals surface area (Å²) in [5, 5.41) is 37.9. The van der Waals surface area contributed by atoms with Crippen LogP contribution in [0.2, 0.25) is 4.34 Å². The summed E-state index contributed by atoms with van der Waals surface area (Å²) < 4.78 is 33.2. The number of nitrogen functional groups attached to an aromatic ring is 1. The van der Waals surface area contributed by atoms with Gasteiger partial charge in [-0.3, -0.25) is 18.9 Å². The highest BCUT2D eigenvalue weighted by Gasteiger charge is 2.54. The average molecular weight is 653 g/mol. The van der Waals surface area contributed by atoms with Crippen molar-refractivity contribution in [1.29, 1.82) is 0 Å². The Kier molecular flexibility index (Phi) is 9.45. The zero-order valence-corrected chi connectivity index (χ0v) is 23.3. The van der Waals surface area contributed by atoms with Crippen molar-refractivity contribution in [3.05, 3.63) is 38.2 Å². The summed E-state index contributed by atoms with van der Waals surface area (Å²) in [5.74, 6) is -4.75. The number of carboxylic acids is 1. The molecule has 23 heteroatoms. The van der Waals surface area contributed by atoms with Crippen LogP contribution in [0.15, 0.2) is 22.2 Å². The number of aliphatic carboxylic acids is 1. The number of aromatic hydroxyl groups is 1. The number of rotatable bonds is 11. The highest BCUT2D eigenvalue weighted by molar-refractivity contribution is 7.84. The van der Waals surface area contributed by atoms with Gasteiger partial charge in [0, 0.05) is 12.6 Å². The molecule has 42 heavy (non-hydrogen) atoms. The number of nitrogens with one attached hydrogen (secondary N) is 3. The van der Waals surface area contributed by atoms with Crippen LogP contribution in [0.1, 0.15) is 18.3 Å². The molecule has 0 saturated carbocycles. The number of carbonyl (C=O) groups is 4. The summed E-state index contributed by atoms with van der Waals surface area (Å²) in [6.07, 6.45) is -0.854. The van der Waals surface area contributed by atoms with Crippen LogP contribution in [0.3, 0.4) is 0 Å². The molecule has 1 saturated heterocycles. The number of carboxylic acid groups (broad SMARTS) is 1. The molecule has 3 rings (SSSR count). The Morgan fingerprint density at radius 2 is 1.98 bits per heavy atom. The van der Waals surface area contributed by atoms with Crippen LogP contribution in [0.4, 0.5) is 9.93 Å². The maximum atomic E-state index is 13.1. The van der Waals surface area contributed by atoms with Crippen molar-refractivity contribution in [2.75, 3.05) is 12.3 Å². The van der Waals surface area contributed by atoms with Crippen LogP contribution < -0.4 is 27.1 Å². The number of nitrogens with two attached hydrogens (primary N) is 1. The summed E-state index contributed by atoms with van der Waals surface area (Å²) in [6.45, 7) is -0.0329. The van der Waals surface area contributed by atoms with Gasteiger partial charge in [0.1, 0.15) is 16.1 Å². The molecule has 4 amide bonds. The molecule has 1 aliphatic rings. The second kappa shape index (κ2) is 12.5. The van der Waals surface area contributed by atoms with Crippen LogP contribution in [0.5, 0.6) is 5.75 Å². The number of hydrogen-bond donors (Lipinski definition) is 8. The molecule has 2 aromatic rings. The summed E-state index contributed by atoms with van der Waals surface area (Å²) in [6, 6.07) is -3.44. The van der Waals surface area contributed by atoms with Crippen LogP contribution in [-0.2, 0) is 36.1 Å². The van der Waals surface area contributed by atoms with Crippen LogP contribution in [0, 0.1) is 0 Å². The Hall–Kier alpha value is -4.67. The molecule has 1 fully saturated rings. The van der Waals surface area contributed by atoms with Crippen molar-refractivity contribution in [2.24, 2.45) is 5.16 Å². The Balaban J connectivity index is 1.76. The number of thiazole rings is 1. The standard InChI is InChI=1S/C19H21ClN8O12S2/c1-6(17(33)34)40-26-13(12-14(20)41-18(21)25-12)15(31)24-11-8(28(16(11)32)42(37,38)39)4-23-19(35)22-3-7-2-9(29)10(30)5-27(7)36/h2,5-6,8,11,30,36H,3-4H2,1H3,(H2,21,25)(H,24,31)(H,33,34)(H2,22,23,35)(H,37,38,39)/t6-,8+,11-/m0/s1. The molecule has 0 spiro atoms. The lowest BCUT2D eigenvalue weighted by molar-refractivity contribution is -0.149. The molecule has 228 valence electrons. The Morgan fingerprint density at radius 1 is 1.31 bits per heavy atom. The van der Waals surface area contributed by atoms with Gasteiger partial charge < -0.3 is 41.9 Å². The van der Waals surface area contributed by atoms with Crippen LogP contribution >= 0.6 is 22.9 Å². The zero-order valence-electron chi connectivity index (χ0n) is 20.9. The number of halogens is 1. The van der Waals surface area contributed by atoms with Gasteiger partial charge in [0.25, 0.3) is 11.8 Å². The minimum Gasteiger partial charge on any atom is -0.503 e. The van der Waals surface area contributed by atoms with E-state index in [-0.39, 0.29) is 25.2 Å². The normalized spacial score (nSPS) is 17.6. The molecule has 3 atom stereocenters. The van der Waals surface area contributed by atoms with Gasteiger partial charge in [-0.15, -0.1) is 0 Å². The molecular weight excluding hydrogens is 632 g/mol. The minimum atomic E-state index is -5.16. The van der Waals surface area contributed by atoms with Crippen LogP contribution in [-0.4, -0.2) is 96.7 Å². The third-order valence-corrected chi connectivity index (χ3v) is 7.42. The van der Waals surface area contributed by atoms with Crippen molar-refractivity contribution in [1.82, 2.24) is 30.0 Å². The first-order valence-electron chi connectivity index (χ1n) is 11.2. The van der Waals surface area contributed by atoms with Crippen molar-refractivity contribution in [3.8, 4) is 5.75 Å². The van der Waals surface area contributed by atoms with Gasteiger partial charge in [-0.05, 0) is 6.92 Å². The fourth-order valence-electron chi connectivity index (χ4n) is 3.32. The highest BCUT2D eigenvalue weighted by Crippen LogP contribution is 2.28. The predicted octanol–water partition coefficient (Wildman–Crippen LogP) is -2.33. The largest absolute Gasteiger partial charge is 0.503 e. The molecule has 0 aromatic carbocycles. The lowest BCUT2D eigenvalue weighted by atomic mass is 9.98. The van der Waals surface area contributed by atoms with Gasteiger partial charge in [-0.1, -0.05) is 28.1 Å². The van der Waals surface area contributed by atoms with E-state index in [0.717, 1.165) is 24.3 Å². The predicted molar refractivity (Wildman–Crippen MR) is 140 cm³/mol. The van der Waals surface area contributed by atoms with Gasteiger partial charge in [0.2, 0.25) is 11.5 Å². The molecule has 0 aliphatic carbocycles. The van der Waals surface area contributed by atoms with Gasteiger partial charge in [-0.2, -0.15) is 13.1 Å². The first-order chi connectivity index (χ1) is 19.5. The van der Waals surface area contributed by atoms with E-state index in [4.69, 9.17) is 27.3 Å². The number of pyridine rings is 1. The first kappa shape index (κ1) is 31.9. The third kappa shape index (κ3) is 7.15. The van der Waals surface area contributed by atoms with Crippen LogP contribution in [0.25, 0.3) is 0 Å². The van der Waals surface area contributed by atoms with Crippen molar-refractivity contribution in [2.45, 2.75) is 31.7 Å². The number of aromatic nitrogens is 2. The Bertz CT molecular complexity index is 1620. The number of hydrogen-bond acceptors (Lipinski definition) is 14. The van der Waals surface area contributed by atoms with Crippen molar-refractivity contribution >= 4 is 67.9 Å². The number of urea groups is 1. The number of anilines is 1. The van der Waals surface area contributed by atoms with E-state index >= 15 is 0 Å². The Labute approximate surface area is 243 Å². The number of amides is 4. The molecule has 0 bridgehead atoms. The van der Waals surface area contributed by atoms with E-state index in [1.807, 2.05) is 0 Å². The number of carbonyl (C=O) groups excluding carboxylic acids is 3. The Morgan fingerprint density at radius 3 is 2.55 bits per heavy atom. The SMILES string of the molecule is C[C@H](ON=C(C(=O)N[C@@H]1C(=O)N(S(=O)(=O)O)[C@@H]1CNC(=O)NCc1cc(=O)c(O)cn1O)c1nc(N)sc1Cl)C(=O)O. The minimum absolute atomic E-state index is 0.0167. The van der Waals surface area contributed by atoms with Crippen molar-refractivity contribution in [3.63, 3.8) is 0 Å². The molecule has 9 N–H and O–H groups in total. The highest BCUT2D eigenvalue weighted by atomic mass is 35.5. The molecule has 2 aromatic heterocycles. The van der Waals surface area contributed by atoms with Gasteiger partial charge in [0.05, 0.1) is 24.5 Å². The van der Waals surface area contributed by atoms with Gasteiger partial charge in [-0.25, -0.2) is 18.9 Å². The van der Waals surface area contributed by atoms with E-state index in [0.29, 0.717) is 10.9 Å². The van der Waals surface area contributed by atoms with Gasteiger partial charge >= 0.3 is 22.3 Å². The molecule has 20 nitrogen and oxygen atoms in total. The third-order valence-electron chi connectivity index (χ3n) is 5.39. The summed E-state index contributed by atoms with van der Waals surface area (Å²) in [5.41, 5.74) is 3.51. The fourth-order valence-corrected chi connectivity index (χ4v) is 5.13. The van der Waals surface area contributed by atoms with E-state index in [2.05, 4.69) is 26.1 Å². The van der Waals surface area contributed by atoms with E-state index < -0.39 is 82.3 Å².